The number of carbonyl (C=O) groups excluding carboxylic acids is 7. The number of aliphatic imine (C=N–C) groups is 2. The van der Waals surface area contributed by atoms with Crippen LogP contribution in [0.25, 0.3) is 11.1 Å². The van der Waals surface area contributed by atoms with Crippen molar-refractivity contribution in [1.29, 1.82) is 0 Å². The fraction of sp³-hybridized carbons (Fsp3) is 0.413. The van der Waals surface area contributed by atoms with E-state index in [1.165, 1.54) is 31.3 Å². The Morgan fingerprint density at radius 3 is 1.71 bits per heavy atom. The van der Waals surface area contributed by atoms with Gasteiger partial charge in [0.05, 0.1) is 68.1 Å². The van der Waals surface area contributed by atoms with Crippen molar-refractivity contribution in [2.75, 3.05) is 39.3 Å². The summed E-state index contributed by atoms with van der Waals surface area (Å²) in [5.74, 6) is -1.41. The fourth-order valence-electron chi connectivity index (χ4n) is 10.8. The number of anilines is 1. The van der Waals surface area contributed by atoms with Gasteiger partial charge in [-0.3, -0.25) is 48.4 Å². The maximum Gasteiger partial charge on any atom is 0.260 e. The van der Waals surface area contributed by atoms with Gasteiger partial charge in [-0.25, -0.2) is 4.39 Å². The van der Waals surface area contributed by atoms with Gasteiger partial charge in [-0.15, -0.1) is 0 Å². The van der Waals surface area contributed by atoms with Gasteiger partial charge < -0.3 is 39.4 Å². The zero-order valence-electron chi connectivity index (χ0n) is 47.4. The van der Waals surface area contributed by atoms with Crippen molar-refractivity contribution in [1.82, 2.24) is 20.0 Å². The molecule has 6 amide bonds. The van der Waals surface area contributed by atoms with Crippen LogP contribution in [0.1, 0.15) is 124 Å². The van der Waals surface area contributed by atoms with E-state index in [-0.39, 0.29) is 109 Å². The number of rotatable bonds is 24. The molecular formula is C63H70FN7O11. The number of hydrogen-bond donors (Lipinski definition) is 2. The molecule has 82 heavy (non-hydrogen) atoms. The highest BCUT2D eigenvalue weighted by Crippen LogP contribution is 2.42. The number of imide groups is 1. The molecule has 0 radical (unpaired) electrons. The maximum atomic E-state index is 14.1. The number of benzene rings is 4. The van der Waals surface area contributed by atoms with Crippen LogP contribution in [0.4, 0.5) is 21.5 Å². The first-order valence-corrected chi connectivity index (χ1v) is 28.1. The monoisotopic (exact) mass is 1120 g/mol. The van der Waals surface area contributed by atoms with E-state index in [0.717, 1.165) is 22.3 Å². The van der Waals surface area contributed by atoms with Crippen molar-refractivity contribution >= 4 is 81.9 Å². The number of carbonyl (C=O) groups is 7. The van der Waals surface area contributed by atoms with E-state index >= 15 is 0 Å². The van der Waals surface area contributed by atoms with Gasteiger partial charge >= 0.3 is 0 Å². The summed E-state index contributed by atoms with van der Waals surface area (Å²) in [6.07, 6.45) is 10.8. The van der Waals surface area contributed by atoms with Gasteiger partial charge in [0.25, 0.3) is 11.8 Å². The molecule has 5 heterocycles. The van der Waals surface area contributed by atoms with Crippen molar-refractivity contribution in [3.8, 4) is 23.0 Å². The minimum atomic E-state index is -0.761. The van der Waals surface area contributed by atoms with Gasteiger partial charge in [0.1, 0.15) is 5.82 Å². The van der Waals surface area contributed by atoms with Crippen LogP contribution < -0.4 is 29.6 Å². The summed E-state index contributed by atoms with van der Waals surface area (Å²) in [5.41, 5.74) is 5.64. The summed E-state index contributed by atoms with van der Waals surface area (Å²) in [6.45, 7) is 10.1. The zero-order valence-corrected chi connectivity index (χ0v) is 47.4. The predicted molar refractivity (Wildman–Crippen MR) is 308 cm³/mol. The SMILES string of the molecule is COc1cc2c(cc1OCCCOc1cc3c(cc1OC)C(=O)N1C=C(c4ccc(NC(=O)[C@H](C)CC(=O)[C@@H](NC(=O)CCCCCN5C(=O)CC(C(C)C)C5=O)C(C)C)cc4)C[C@H]1C=N3)N=C[C@@H]1CC(c3ccc(F)cc3)=CN1C2=O. The zero-order chi connectivity index (χ0) is 58.4. The van der Waals surface area contributed by atoms with Crippen LogP contribution in [0.3, 0.4) is 0 Å². The van der Waals surface area contributed by atoms with E-state index in [9.17, 15) is 38.0 Å². The lowest BCUT2D eigenvalue weighted by Crippen LogP contribution is -2.45. The van der Waals surface area contributed by atoms with E-state index < -0.39 is 12.0 Å². The van der Waals surface area contributed by atoms with Crippen LogP contribution >= 0.6 is 0 Å². The Hall–Kier alpha value is -8.48. The van der Waals surface area contributed by atoms with Gasteiger partial charge in [0, 0.05) is 99.6 Å². The minimum Gasteiger partial charge on any atom is -0.493 e. The van der Waals surface area contributed by atoms with Crippen molar-refractivity contribution < 1.29 is 56.9 Å². The molecule has 1 saturated heterocycles. The predicted octanol–water partition coefficient (Wildman–Crippen LogP) is 9.90. The number of methoxy groups -OCH3 is 2. The lowest BCUT2D eigenvalue weighted by atomic mass is 9.92. The van der Waals surface area contributed by atoms with Crippen LogP contribution in [-0.4, -0.2) is 120 Å². The highest BCUT2D eigenvalue weighted by molar-refractivity contribution is 6.07. The Balaban J connectivity index is 0.730. The molecule has 5 aliphatic heterocycles. The summed E-state index contributed by atoms with van der Waals surface area (Å²) in [4.78, 5) is 107. The first-order valence-electron chi connectivity index (χ1n) is 28.1. The summed E-state index contributed by atoms with van der Waals surface area (Å²) < 4.78 is 37.2. The maximum absolute atomic E-state index is 14.1. The van der Waals surface area contributed by atoms with Gasteiger partial charge in [-0.2, -0.15) is 0 Å². The van der Waals surface area contributed by atoms with E-state index in [0.29, 0.717) is 96.3 Å². The Labute approximate surface area is 476 Å². The van der Waals surface area contributed by atoms with Gasteiger partial charge in [-0.05, 0) is 83.3 Å². The van der Waals surface area contributed by atoms with E-state index in [2.05, 4.69) is 15.6 Å². The summed E-state index contributed by atoms with van der Waals surface area (Å²) in [6, 6.07) is 18.7. The Morgan fingerprint density at radius 2 is 1.21 bits per heavy atom. The number of nitrogens with one attached hydrogen (secondary N) is 2. The largest absolute Gasteiger partial charge is 0.493 e. The number of likely N-dealkylation sites (tertiary alicyclic amines) is 1. The molecule has 4 aromatic rings. The number of halogens is 1. The molecular weight excluding hydrogens is 1050 g/mol. The molecule has 0 aromatic heterocycles. The number of fused-ring (bicyclic) bond motifs is 4. The third-order valence-corrected chi connectivity index (χ3v) is 15.6. The van der Waals surface area contributed by atoms with Crippen LogP contribution in [0.15, 0.2) is 95.2 Å². The Morgan fingerprint density at radius 1 is 0.671 bits per heavy atom. The molecule has 430 valence electrons. The average molecular weight is 1120 g/mol. The lowest BCUT2D eigenvalue weighted by Gasteiger charge is -2.23. The quantitative estimate of drug-likeness (QED) is 0.0497. The number of hydrogen-bond acceptors (Lipinski definition) is 13. The van der Waals surface area contributed by atoms with Gasteiger partial charge in [0.15, 0.2) is 28.8 Å². The number of ketones is 1. The van der Waals surface area contributed by atoms with Gasteiger partial charge in [0.2, 0.25) is 23.6 Å². The van der Waals surface area contributed by atoms with Crippen molar-refractivity contribution in [2.24, 2.45) is 33.7 Å². The van der Waals surface area contributed by atoms with Crippen LogP contribution in [-0.2, 0) is 24.0 Å². The Kier molecular flexibility index (Phi) is 18.1. The van der Waals surface area contributed by atoms with Crippen LogP contribution in [0.2, 0.25) is 0 Å². The summed E-state index contributed by atoms with van der Waals surface area (Å²) in [7, 11) is 3.00. The number of ether oxygens (including phenoxy) is 4. The molecule has 0 saturated carbocycles. The highest BCUT2D eigenvalue weighted by atomic mass is 19.1. The molecule has 0 aliphatic carbocycles. The van der Waals surface area contributed by atoms with Crippen LogP contribution in [0.5, 0.6) is 23.0 Å². The molecule has 9 rings (SSSR count). The number of nitrogens with zero attached hydrogens (tertiary/aromatic N) is 5. The highest BCUT2D eigenvalue weighted by Gasteiger charge is 2.40. The van der Waals surface area contributed by atoms with Crippen molar-refractivity contribution in [2.45, 2.75) is 111 Å². The standard InChI is InChI=1S/C63H70FN7O11/c1-36(2)47-29-58(74)69(61(47)76)21-10-8-9-12-57(73)68-59(37(3)4)52(72)24-38(5)60(75)67-44-19-15-40(16-20-44)42-26-46-33-66-51-31-56(54(80-7)28-49(51)63(78)71(46)35-42)82-23-11-22-81-55-30-50-48(27-53(55)79-6)62(77)70-34-41(25-45(70)32-65-50)39-13-17-43(64)18-14-39/h13-20,27-28,30-38,45-47,59H,8-12,21-26,29H2,1-7H3,(H,67,75)(H,68,73)/t38-,45+,46+,47?,59+/m1/s1. The molecule has 0 bridgehead atoms. The van der Waals surface area contributed by atoms with E-state index in [4.69, 9.17) is 23.9 Å². The second kappa shape index (κ2) is 25.5. The summed E-state index contributed by atoms with van der Waals surface area (Å²) >= 11 is 0. The fourth-order valence-corrected chi connectivity index (χ4v) is 10.8. The van der Waals surface area contributed by atoms with Crippen molar-refractivity contribution in [3.05, 3.63) is 113 Å². The topological polar surface area (TPSA) is 215 Å². The minimum absolute atomic E-state index is 0.0684. The molecule has 1 fully saturated rings. The smallest absolute Gasteiger partial charge is 0.260 e. The average Bonchev–Trinajstić information content (AvgIpc) is 4.24. The lowest BCUT2D eigenvalue weighted by molar-refractivity contribution is -0.140. The van der Waals surface area contributed by atoms with Crippen molar-refractivity contribution in [3.63, 3.8) is 0 Å². The Bertz CT molecular complexity index is 3260. The van der Waals surface area contributed by atoms with E-state index in [1.54, 1.807) is 83.9 Å². The molecule has 18 nitrogen and oxygen atoms in total. The second-order valence-electron chi connectivity index (χ2n) is 22.1. The van der Waals surface area contributed by atoms with Gasteiger partial charge in [-0.1, -0.05) is 65.3 Å². The number of amides is 6. The normalized spacial score (nSPS) is 18.8. The first kappa shape index (κ1) is 58.2. The third kappa shape index (κ3) is 13.0. The number of Topliss-reactive ketones (excluding diaryl/α,β-unsaturated/α-hetero) is 1. The molecule has 5 aliphatic rings. The second-order valence-corrected chi connectivity index (χ2v) is 22.1. The van der Waals surface area contributed by atoms with E-state index in [1.807, 2.05) is 46.0 Å². The summed E-state index contributed by atoms with van der Waals surface area (Å²) in [5, 5.41) is 5.77. The van der Waals surface area contributed by atoms with Crippen LogP contribution in [0, 0.1) is 29.5 Å². The molecule has 0 spiro atoms. The first-order chi connectivity index (χ1) is 39.4. The third-order valence-electron chi connectivity index (χ3n) is 15.6. The molecule has 2 N–H and O–H groups in total. The molecule has 4 aromatic carbocycles. The molecule has 5 atom stereocenters. The molecule has 19 heteroatoms. The number of unbranched alkanes of at least 4 members (excludes halogenated alkanes) is 2. The molecule has 1 unspecified atom stereocenters.